The van der Waals surface area contributed by atoms with Gasteiger partial charge in [-0.3, -0.25) is 0 Å². The van der Waals surface area contributed by atoms with Crippen LogP contribution in [0.2, 0.25) is 0 Å². The number of hydrogen-bond acceptors (Lipinski definition) is 1. The van der Waals surface area contributed by atoms with E-state index in [-0.39, 0.29) is 23.1 Å². The molecule has 0 spiro atoms. The molecule has 2 aromatic heterocycles. The molecular weight excluding hydrogens is 544 g/mol. The van der Waals surface area contributed by atoms with Crippen molar-refractivity contribution in [3.8, 4) is 0 Å². The van der Waals surface area contributed by atoms with Gasteiger partial charge in [0.2, 0.25) is 0 Å². The average molecular weight is 565 g/mol. The Kier molecular flexibility index (Phi) is 5.33. The van der Waals surface area contributed by atoms with Crippen molar-refractivity contribution in [1.29, 1.82) is 0 Å². The van der Waals surface area contributed by atoms with Crippen LogP contribution >= 0.6 is 0 Å². The van der Waals surface area contributed by atoms with Crippen molar-refractivity contribution in [1.82, 2.24) is 9.97 Å². The molecule has 1 unspecified atom stereocenters. The number of fused-ring (bicyclic) bond motifs is 19. The Morgan fingerprint density at radius 2 is 1.15 bits per heavy atom. The van der Waals surface area contributed by atoms with Gasteiger partial charge < -0.3 is 15.3 Å². The zero-order valence-corrected chi connectivity index (χ0v) is 22.9. The van der Waals surface area contributed by atoms with Gasteiger partial charge in [0.25, 0.3) is 0 Å². The summed E-state index contributed by atoms with van der Waals surface area (Å²) < 4.78 is 0. The van der Waals surface area contributed by atoms with Crippen LogP contribution in [0.25, 0.3) is 62.6 Å². The fourth-order valence-corrected chi connectivity index (χ4v) is 6.27. The van der Waals surface area contributed by atoms with Gasteiger partial charge in [0.1, 0.15) is 0 Å². The van der Waals surface area contributed by atoms with Crippen molar-refractivity contribution in [2.75, 3.05) is 0 Å². The van der Waals surface area contributed by atoms with Gasteiger partial charge in [-0.2, -0.15) is 0 Å². The molecule has 4 aromatic carbocycles. The summed E-state index contributed by atoms with van der Waals surface area (Å²) in [6.07, 6.45) is 8.57. The Morgan fingerprint density at radius 1 is 0.537 bits per heavy atom. The third-order valence-electron chi connectivity index (χ3n) is 8.13. The second-order valence-electron chi connectivity index (χ2n) is 10.4. The number of aromatic nitrogens is 2. The van der Waals surface area contributed by atoms with Gasteiger partial charge in [-0.25, -0.2) is 4.99 Å². The maximum atomic E-state index is 5.22. The fraction of sp³-hybridized carbons (Fsp3) is 0.0278. The van der Waals surface area contributed by atoms with E-state index >= 15 is 0 Å². The molecule has 5 heterocycles. The summed E-state index contributed by atoms with van der Waals surface area (Å²) in [4.78, 5) is 15.4. The zero-order valence-electron chi connectivity index (χ0n) is 21.8. The van der Waals surface area contributed by atoms with Crippen molar-refractivity contribution in [2.45, 2.75) is 6.04 Å². The van der Waals surface area contributed by atoms with Gasteiger partial charge in [0, 0.05) is 11.1 Å². The molecule has 3 aliphatic rings. The summed E-state index contributed by atoms with van der Waals surface area (Å²) in [5.41, 5.74) is 9.15. The van der Waals surface area contributed by atoms with Gasteiger partial charge in [-0.1, -0.05) is 115 Å². The third kappa shape index (κ3) is 3.64. The standard InChI is InChI=1S/C36H21N4.Fe/c1-2-10-22-21(9-1)29-17-31-23-11-3-4-12-24(23)33(38-31)19-35-27-15-7-8-16-28(27)36(40-35)20-34-26-14-6-5-13-25(26)32(39-34)18-30(22)37-29;/h1-20,29H;/q-3;+5. The maximum absolute atomic E-state index is 5.22. The molecule has 0 fully saturated rings. The minimum Gasteiger partial charge on any atom is -0.674 e. The van der Waals surface area contributed by atoms with Crippen LogP contribution in [0, 0.1) is 0 Å². The molecule has 0 aliphatic carbocycles. The van der Waals surface area contributed by atoms with Gasteiger partial charge in [0.15, 0.2) is 0 Å². The van der Waals surface area contributed by atoms with Crippen LogP contribution < -0.4 is 20.7 Å². The molecule has 0 N–H and O–H groups in total. The molecule has 41 heavy (non-hydrogen) atoms. The summed E-state index contributed by atoms with van der Waals surface area (Å²) >= 11 is 0. The monoisotopic (exact) mass is 565 g/mol. The number of nitrogens with zero attached hydrogens (tertiary/aromatic N) is 4. The van der Waals surface area contributed by atoms with Crippen LogP contribution in [0.5, 0.6) is 0 Å². The Labute approximate surface area is 247 Å². The summed E-state index contributed by atoms with van der Waals surface area (Å²) in [5, 5.41) is 11.5. The Morgan fingerprint density at radius 3 is 1.93 bits per heavy atom. The first-order chi connectivity index (χ1) is 19.8. The van der Waals surface area contributed by atoms with Crippen molar-refractivity contribution in [3.63, 3.8) is 0 Å². The molecule has 9 rings (SSSR count). The predicted molar refractivity (Wildman–Crippen MR) is 164 cm³/mol. The van der Waals surface area contributed by atoms with E-state index in [9.17, 15) is 0 Å². The summed E-state index contributed by atoms with van der Waals surface area (Å²) in [5.74, 6) is 0. The minimum atomic E-state index is -0.127. The van der Waals surface area contributed by atoms with Crippen LogP contribution in [0.3, 0.4) is 0 Å². The molecule has 191 valence electrons. The SMILES string of the molecule is C1=C2N=C(C=c3[n-]c(c4ccccc34)=CC3[N-]C(=Cc4[n-]c1c1ccccc41)c1ccccc13)c1ccccc12.[Fe+5]. The molecule has 0 amide bonds. The second-order valence-corrected chi connectivity index (χ2v) is 10.4. The van der Waals surface area contributed by atoms with E-state index in [0.717, 1.165) is 77.4 Å². The predicted octanol–water partition coefficient (Wildman–Crippen LogP) is 6.41. The zero-order chi connectivity index (χ0) is 26.2. The molecule has 8 bridgehead atoms. The largest absolute Gasteiger partial charge is 5.00 e. The van der Waals surface area contributed by atoms with Crippen molar-refractivity contribution in [3.05, 3.63) is 147 Å². The molecule has 4 nitrogen and oxygen atoms in total. The van der Waals surface area contributed by atoms with Gasteiger partial charge >= 0.3 is 17.1 Å². The van der Waals surface area contributed by atoms with E-state index in [1.807, 2.05) is 0 Å². The van der Waals surface area contributed by atoms with E-state index in [2.05, 4.69) is 121 Å². The van der Waals surface area contributed by atoms with Gasteiger partial charge in [-0.05, 0) is 39.3 Å². The van der Waals surface area contributed by atoms with E-state index in [1.54, 1.807) is 0 Å². The van der Waals surface area contributed by atoms with Crippen LogP contribution in [0.15, 0.2) is 102 Å². The summed E-state index contributed by atoms with van der Waals surface area (Å²) in [6.45, 7) is 0. The Hall–Kier alpha value is -4.83. The Balaban J connectivity index is 0.00000256. The maximum Gasteiger partial charge on any atom is 5.00 e. The quantitative estimate of drug-likeness (QED) is 0.200. The first-order valence-corrected chi connectivity index (χ1v) is 13.5. The van der Waals surface area contributed by atoms with Crippen LogP contribution in [0.4, 0.5) is 0 Å². The number of aliphatic imine (C=N–C) groups is 1. The third-order valence-corrected chi connectivity index (χ3v) is 8.13. The Bertz CT molecular complexity index is 2250. The number of benzene rings is 4. The minimum absolute atomic E-state index is 0. The fourth-order valence-electron chi connectivity index (χ4n) is 6.27. The van der Waals surface area contributed by atoms with Crippen molar-refractivity contribution in [2.24, 2.45) is 4.99 Å². The topological polar surface area (TPSA) is 54.7 Å². The van der Waals surface area contributed by atoms with Gasteiger partial charge in [0.05, 0.1) is 11.4 Å². The molecule has 1 radical (unpaired) electrons. The van der Waals surface area contributed by atoms with Crippen molar-refractivity contribution >= 4 is 63.0 Å². The molecule has 0 saturated carbocycles. The number of hydrogen-bond donors (Lipinski definition) is 0. The first-order valence-electron chi connectivity index (χ1n) is 13.5. The van der Waals surface area contributed by atoms with Crippen LogP contribution in [-0.2, 0) is 17.1 Å². The van der Waals surface area contributed by atoms with E-state index in [4.69, 9.17) is 20.3 Å². The van der Waals surface area contributed by atoms with E-state index in [1.165, 1.54) is 5.56 Å². The second kappa shape index (κ2) is 9.10. The van der Waals surface area contributed by atoms with Crippen LogP contribution in [0.1, 0.15) is 39.7 Å². The molecule has 1 atom stereocenters. The van der Waals surface area contributed by atoms with Gasteiger partial charge in [-0.15, -0.1) is 33.9 Å². The first kappa shape index (κ1) is 24.0. The van der Waals surface area contributed by atoms with E-state index in [0.29, 0.717) is 0 Å². The molecular formula is C36H21FeN4+2. The molecule has 0 saturated heterocycles. The summed E-state index contributed by atoms with van der Waals surface area (Å²) in [7, 11) is 0. The normalized spacial score (nSPS) is 16.4. The number of rotatable bonds is 0. The molecule has 6 aromatic rings. The molecule has 5 heteroatoms. The average Bonchev–Trinajstić information content (AvgIpc) is 3.73. The van der Waals surface area contributed by atoms with Crippen molar-refractivity contribution < 1.29 is 17.1 Å². The van der Waals surface area contributed by atoms with Crippen LogP contribution in [-0.4, -0.2) is 5.71 Å². The van der Waals surface area contributed by atoms with E-state index < -0.39 is 0 Å². The smallest absolute Gasteiger partial charge is 0.674 e. The molecule has 3 aliphatic heterocycles. The summed E-state index contributed by atoms with van der Waals surface area (Å²) in [6, 6.07) is 33.6.